The lowest BCUT2D eigenvalue weighted by Crippen LogP contribution is -1.79. The molecule has 0 spiro atoms. The Hall–Kier alpha value is -0.0800. The second-order valence-electron chi connectivity index (χ2n) is 1.86. The van der Waals surface area contributed by atoms with Crippen LogP contribution in [0.1, 0.15) is 10.6 Å². The van der Waals surface area contributed by atoms with Crippen molar-refractivity contribution in [3.05, 3.63) is 34.9 Å². The molecule has 0 aliphatic heterocycles. The molecule has 0 saturated heterocycles. The van der Waals surface area contributed by atoms with E-state index in [0.29, 0.717) is 10.6 Å². The van der Waals surface area contributed by atoms with E-state index in [1.165, 1.54) is 0 Å². The minimum absolute atomic E-state index is 0.549. The average molecular weight is 223 g/mol. The van der Waals surface area contributed by atoms with Crippen LogP contribution in [0.2, 0.25) is 5.02 Å². The van der Waals surface area contributed by atoms with E-state index in [1.54, 1.807) is 24.3 Å². The standard InChI is InChI=1S/C7H5BrClF/c8-7(10)5-2-1-3-6(9)4-5/h1-4,7H. The van der Waals surface area contributed by atoms with Crippen molar-refractivity contribution in [3.8, 4) is 0 Å². The van der Waals surface area contributed by atoms with Crippen molar-refractivity contribution in [2.45, 2.75) is 5.08 Å². The molecule has 1 unspecified atom stereocenters. The summed E-state index contributed by atoms with van der Waals surface area (Å²) in [6, 6.07) is 6.68. The van der Waals surface area contributed by atoms with Gasteiger partial charge in [-0.1, -0.05) is 23.7 Å². The molecule has 10 heavy (non-hydrogen) atoms. The first-order valence-corrected chi connectivity index (χ1v) is 4.03. The third-order valence-corrected chi connectivity index (χ3v) is 1.86. The smallest absolute Gasteiger partial charge is 0.180 e. The Labute approximate surface area is 72.1 Å². The van der Waals surface area contributed by atoms with Gasteiger partial charge < -0.3 is 0 Å². The molecule has 0 aromatic heterocycles. The SMILES string of the molecule is FC(Br)c1cccc(Cl)c1. The highest BCUT2D eigenvalue weighted by molar-refractivity contribution is 9.09. The molecule has 0 aliphatic rings. The van der Waals surface area contributed by atoms with Crippen LogP contribution in [0.5, 0.6) is 0 Å². The molecule has 0 fully saturated rings. The van der Waals surface area contributed by atoms with Crippen molar-refractivity contribution in [3.63, 3.8) is 0 Å². The molecule has 0 radical (unpaired) electrons. The molecule has 0 saturated carbocycles. The summed E-state index contributed by atoms with van der Waals surface area (Å²) in [5, 5.41) is -0.564. The van der Waals surface area contributed by atoms with Gasteiger partial charge in [-0.05, 0) is 33.6 Å². The Morgan fingerprint density at radius 3 is 2.60 bits per heavy atom. The Kier molecular flexibility index (Phi) is 2.69. The summed E-state index contributed by atoms with van der Waals surface area (Å²) in [6.07, 6.45) is 0. The van der Waals surface area contributed by atoms with Crippen LogP contribution in [0.4, 0.5) is 4.39 Å². The number of rotatable bonds is 1. The van der Waals surface area contributed by atoms with Gasteiger partial charge in [-0.25, -0.2) is 4.39 Å². The summed E-state index contributed by atoms with van der Waals surface area (Å²) in [7, 11) is 0. The van der Waals surface area contributed by atoms with E-state index < -0.39 is 5.08 Å². The van der Waals surface area contributed by atoms with Gasteiger partial charge in [0.2, 0.25) is 0 Å². The van der Waals surface area contributed by atoms with Crippen LogP contribution in [0.25, 0.3) is 0 Å². The Bertz CT molecular complexity index is 225. The Morgan fingerprint density at radius 1 is 1.50 bits per heavy atom. The number of hydrogen-bond acceptors (Lipinski definition) is 0. The van der Waals surface area contributed by atoms with Gasteiger partial charge in [-0.3, -0.25) is 0 Å². The third kappa shape index (κ3) is 1.96. The van der Waals surface area contributed by atoms with Gasteiger partial charge in [0, 0.05) is 5.02 Å². The lowest BCUT2D eigenvalue weighted by atomic mass is 10.2. The van der Waals surface area contributed by atoms with Crippen molar-refractivity contribution in [2.75, 3.05) is 0 Å². The van der Waals surface area contributed by atoms with Crippen molar-refractivity contribution >= 4 is 27.5 Å². The summed E-state index contributed by atoms with van der Waals surface area (Å²) in [5.41, 5.74) is 0.549. The minimum Gasteiger partial charge on any atom is -0.230 e. The first kappa shape index (κ1) is 8.02. The summed E-state index contributed by atoms with van der Waals surface area (Å²) in [6.45, 7) is 0. The zero-order chi connectivity index (χ0) is 7.56. The number of benzene rings is 1. The van der Waals surface area contributed by atoms with Crippen LogP contribution in [0, 0.1) is 0 Å². The molecule has 54 valence electrons. The molecule has 1 aromatic carbocycles. The average Bonchev–Trinajstić information content (AvgIpc) is 1.88. The molecule has 1 aromatic rings. The molecule has 0 N–H and O–H groups in total. The largest absolute Gasteiger partial charge is 0.230 e. The fourth-order valence-corrected chi connectivity index (χ4v) is 1.13. The maximum absolute atomic E-state index is 12.5. The first-order chi connectivity index (χ1) is 4.70. The van der Waals surface area contributed by atoms with E-state index in [1.807, 2.05) is 0 Å². The molecule has 0 amide bonds. The highest BCUT2D eigenvalue weighted by atomic mass is 79.9. The first-order valence-electron chi connectivity index (χ1n) is 2.74. The van der Waals surface area contributed by atoms with Crippen LogP contribution >= 0.6 is 27.5 Å². The summed E-state index contributed by atoms with van der Waals surface area (Å²) in [4.78, 5) is 0. The molecule has 1 rings (SSSR count). The molecule has 0 heterocycles. The molecule has 0 aliphatic carbocycles. The van der Waals surface area contributed by atoms with Crippen molar-refractivity contribution in [1.82, 2.24) is 0 Å². The Morgan fingerprint density at radius 2 is 2.20 bits per heavy atom. The van der Waals surface area contributed by atoms with Crippen molar-refractivity contribution in [2.24, 2.45) is 0 Å². The molecular formula is C7H5BrClF. The van der Waals surface area contributed by atoms with Gasteiger partial charge in [0.25, 0.3) is 0 Å². The zero-order valence-electron chi connectivity index (χ0n) is 5.02. The summed E-state index contributed by atoms with van der Waals surface area (Å²) >= 11 is 8.39. The summed E-state index contributed by atoms with van der Waals surface area (Å²) < 4.78 is 12.5. The van der Waals surface area contributed by atoms with Gasteiger partial charge in [0.05, 0.1) is 0 Å². The fraction of sp³-hybridized carbons (Fsp3) is 0.143. The van der Waals surface area contributed by atoms with Crippen LogP contribution in [-0.2, 0) is 0 Å². The minimum atomic E-state index is -1.12. The monoisotopic (exact) mass is 222 g/mol. The maximum Gasteiger partial charge on any atom is 0.180 e. The number of halogens is 3. The maximum atomic E-state index is 12.5. The lowest BCUT2D eigenvalue weighted by molar-refractivity contribution is 0.479. The third-order valence-electron chi connectivity index (χ3n) is 1.10. The van der Waals surface area contributed by atoms with Crippen LogP contribution in [0.15, 0.2) is 24.3 Å². The van der Waals surface area contributed by atoms with E-state index in [4.69, 9.17) is 11.6 Å². The van der Waals surface area contributed by atoms with E-state index in [-0.39, 0.29) is 0 Å². The quantitative estimate of drug-likeness (QED) is 0.637. The predicted molar refractivity (Wildman–Crippen MR) is 44.2 cm³/mol. The van der Waals surface area contributed by atoms with Gasteiger partial charge in [-0.15, -0.1) is 0 Å². The fourth-order valence-electron chi connectivity index (χ4n) is 0.642. The lowest BCUT2D eigenvalue weighted by Gasteiger charge is -1.98. The van der Waals surface area contributed by atoms with Crippen LogP contribution < -0.4 is 0 Å². The molecule has 0 bridgehead atoms. The van der Waals surface area contributed by atoms with Gasteiger partial charge in [0.15, 0.2) is 5.08 Å². The highest BCUT2D eigenvalue weighted by Gasteiger charge is 2.02. The molecular weight excluding hydrogens is 218 g/mol. The Balaban J connectivity index is 2.96. The van der Waals surface area contributed by atoms with Crippen LogP contribution in [0.3, 0.4) is 0 Å². The molecule has 1 atom stereocenters. The zero-order valence-corrected chi connectivity index (χ0v) is 7.36. The van der Waals surface area contributed by atoms with E-state index in [2.05, 4.69) is 15.9 Å². The predicted octanol–water partition coefficient (Wildman–Crippen LogP) is 3.70. The second kappa shape index (κ2) is 3.35. The summed E-state index contributed by atoms with van der Waals surface area (Å²) in [5.74, 6) is 0. The molecule has 0 nitrogen and oxygen atoms in total. The van der Waals surface area contributed by atoms with Crippen molar-refractivity contribution < 1.29 is 4.39 Å². The normalized spacial score (nSPS) is 13.1. The second-order valence-corrected chi connectivity index (χ2v) is 3.10. The van der Waals surface area contributed by atoms with E-state index in [9.17, 15) is 4.39 Å². The van der Waals surface area contributed by atoms with Gasteiger partial charge in [-0.2, -0.15) is 0 Å². The number of hydrogen-bond donors (Lipinski definition) is 0. The van der Waals surface area contributed by atoms with E-state index in [0.717, 1.165) is 0 Å². The highest BCUT2D eigenvalue weighted by Crippen LogP contribution is 2.25. The topological polar surface area (TPSA) is 0 Å². The number of alkyl halides is 2. The molecule has 3 heteroatoms. The van der Waals surface area contributed by atoms with Gasteiger partial charge in [0.1, 0.15) is 0 Å². The van der Waals surface area contributed by atoms with Crippen molar-refractivity contribution in [1.29, 1.82) is 0 Å². The van der Waals surface area contributed by atoms with Crippen LogP contribution in [-0.4, -0.2) is 0 Å². The van der Waals surface area contributed by atoms with E-state index >= 15 is 0 Å². The van der Waals surface area contributed by atoms with Gasteiger partial charge >= 0.3 is 0 Å².